The number of fused-ring (bicyclic) bond motifs is 1. The smallest absolute Gasteiger partial charge is 0.129 e. The van der Waals surface area contributed by atoms with Gasteiger partial charge in [-0.2, -0.15) is 0 Å². The Hall–Kier alpha value is -0.550. The number of pyridine rings is 1. The van der Waals surface area contributed by atoms with Gasteiger partial charge in [0.2, 0.25) is 0 Å². The van der Waals surface area contributed by atoms with E-state index in [-0.39, 0.29) is 24.8 Å². The van der Waals surface area contributed by atoms with Gasteiger partial charge in [0.25, 0.3) is 0 Å². The summed E-state index contributed by atoms with van der Waals surface area (Å²) < 4.78 is 5.83. The first-order valence-corrected chi connectivity index (χ1v) is 7.47. The lowest BCUT2D eigenvalue weighted by Crippen LogP contribution is -2.17. The molecule has 0 saturated carbocycles. The van der Waals surface area contributed by atoms with Crippen LogP contribution in [-0.4, -0.2) is 37.3 Å². The first-order chi connectivity index (χ1) is 9.42. The molecule has 3 heterocycles. The van der Waals surface area contributed by atoms with Crippen molar-refractivity contribution in [1.82, 2.24) is 10.3 Å². The average Bonchev–Trinajstić information content (AvgIpc) is 2.97. The topological polar surface area (TPSA) is 46.2 Å². The summed E-state index contributed by atoms with van der Waals surface area (Å²) >= 11 is 0. The van der Waals surface area contributed by atoms with Crippen molar-refractivity contribution in [3.63, 3.8) is 0 Å². The van der Waals surface area contributed by atoms with Crippen LogP contribution in [0.25, 0.3) is 0 Å². The molecular weight excluding hydrogens is 309 g/mol. The van der Waals surface area contributed by atoms with Crippen LogP contribution in [0, 0.1) is 0 Å². The summed E-state index contributed by atoms with van der Waals surface area (Å²) in [6.45, 7) is 4.02. The molecule has 0 amide bonds. The third-order valence-corrected chi connectivity index (χ3v) is 3.90. The number of anilines is 1. The van der Waals surface area contributed by atoms with Gasteiger partial charge in [-0.15, -0.1) is 24.8 Å². The van der Waals surface area contributed by atoms with Crippen molar-refractivity contribution in [1.29, 1.82) is 0 Å². The Labute approximate surface area is 139 Å². The number of hydrogen-bond donors (Lipinski definition) is 2. The van der Waals surface area contributed by atoms with Crippen LogP contribution in [0.5, 0.6) is 0 Å². The summed E-state index contributed by atoms with van der Waals surface area (Å²) in [5.41, 5.74) is 2.55. The van der Waals surface area contributed by atoms with E-state index in [4.69, 9.17) is 9.72 Å². The molecule has 0 bridgehead atoms. The number of aromatic nitrogens is 1. The van der Waals surface area contributed by atoms with Crippen molar-refractivity contribution in [2.75, 3.05) is 31.6 Å². The van der Waals surface area contributed by atoms with E-state index in [0.717, 1.165) is 57.7 Å². The van der Waals surface area contributed by atoms with Crippen molar-refractivity contribution < 1.29 is 4.74 Å². The molecule has 3 rings (SSSR count). The van der Waals surface area contributed by atoms with E-state index in [1.807, 2.05) is 0 Å². The fourth-order valence-electron chi connectivity index (χ4n) is 2.78. The van der Waals surface area contributed by atoms with Crippen LogP contribution in [0.2, 0.25) is 0 Å². The summed E-state index contributed by atoms with van der Waals surface area (Å²) in [6.07, 6.45) is 6.03. The number of hydrogen-bond acceptors (Lipinski definition) is 4. The van der Waals surface area contributed by atoms with Gasteiger partial charge in [0.15, 0.2) is 0 Å². The highest BCUT2D eigenvalue weighted by molar-refractivity contribution is 5.85. The minimum Gasteiger partial charge on any atom is -0.377 e. The van der Waals surface area contributed by atoms with Crippen LogP contribution < -0.4 is 10.6 Å². The molecule has 21 heavy (non-hydrogen) atoms. The Morgan fingerprint density at radius 3 is 2.95 bits per heavy atom. The molecule has 1 saturated heterocycles. The molecule has 2 N–H and O–H groups in total. The Kier molecular flexibility index (Phi) is 8.34. The molecule has 0 aliphatic carbocycles. The first-order valence-electron chi connectivity index (χ1n) is 7.47. The molecule has 1 aromatic heterocycles. The Morgan fingerprint density at radius 1 is 1.24 bits per heavy atom. The molecule has 0 radical (unpaired) electrons. The minimum atomic E-state index is 0. The molecule has 0 spiro atoms. The van der Waals surface area contributed by atoms with Gasteiger partial charge < -0.3 is 15.4 Å². The fourth-order valence-corrected chi connectivity index (χ4v) is 2.78. The Bertz CT molecular complexity index is 425. The van der Waals surface area contributed by atoms with Crippen LogP contribution in [-0.2, 0) is 17.6 Å². The predicted molar refractivity (Wildman–Crippen MR) is 91.1 cm³/mol. The van der Waals surface area contributed by atoms with Gasteiger partial charge in [-0.3, -0.25) is 0 Å². The molecule has 1 unspecified atom stereocenters. The number of halogens is 2. The van der Waals surface area contributed by atoms with Gasteiger partial charge in [-0.05, 0) is 50.3 Å². The summed E-state index contributed by atoms with van der Waals surface area (Å²) in [5.74, 6) is 1.10. The van der Waals surface area contributed by atoms with E-state index >= 15 is 0 Å². The molecule has 1 atom stereocenters. The van der Waals surface area contributed by atoms with Crippen molar-refractivity contribution in [2.45, 2.75) is 38.2 Å². The lowest BCUT2D eigenvalue weighted by atomic mass is 10.1. The third kappa shape index (κ3) is 5.29. The van der Waals surface area contributed by atoms with Crippen LogP contribution >= 0.6 is 24.8 Å². The maximum atomic E-state index is 5.83. The van der Waals surface area contributed by atoms with E-state index in [2.05, 4.69) is 22.8 Å². The van der Waals surface area contributed by atoms with Gasteiger partial charge in [-0.1, -0.05) is 6.07 Å². The fraction of sp³-hybridized carbons (Fsp3) is 0.667. The van der Waals surface area contributed by atoms with E-state index in [0.29, 0.717) is 6.10 Å². The second kappa shape index (κ2) is 9.46. The molecule has 120 valence electrons. The van der Waals surface area contributed by atoms with Crippen LogP contribution in [0.15, 0.2) is 12.1 Å². The van der Waals surface area contributed by atoms with Gasteiger partial charge >= 0.3 is 0 Å². The zero-order chi connectivity index (χ0) is 12.9. The van der Waals surface area contributed by atoms with Crippen molar-refractivity contribution in [3.05, 3.63) is 23.4 Å². The molecular formula is C15H25Cl2N3O. The standard InChI is InChI=1S/C15H23N3O.2ClH/c1-3-12-5-6-13(18-15(12)17-8-1)4-2-10-19-14-7-9-16-11-14;;/h5-6,14,16H,1-4,7-11H2,(H,17,18);2*1H. The quantitative estimate of drug-likeness (QED) is 0.813. The van der Waals surface area contributed by atoms with E-state index < -0.39 is 0 Å². The molecule has 6 heteroatoms. The molecule has 1 aromatic rings. The molecule has 0 aromatic carbocycles. The minimum absolute atomic E-state index is 0. The predicted octanol–water partition coefficient (Wildman–Crippen LogP) is 2.59. The van der Waals surface area contributed by atoms with E-state index in [9.17, 15) is 0 Å². The summed E-state index contributed by atoms with van der Waals surface area (Å²) in [5, 5.41) is 6.71. The first kappa shape index (κ1) is 18.5. The number of aryl methyl sites for hydroxylation is 2. The van der Waals surface area contributed by atoms with E-state index in [1.54, 1.807) is 0 Å². The van der Waals surface area contributed by atoms with Gasteiger partial charge in [0.1, 0.15) is 5.82 Å². The Morgan fingerprint density at radius 2 is 2.14 bits per heavy atom. The SMILES string of the molecule is Cl.Cl.c1cc2c(nc1CCCOC1CCNC1)NCCC2. The van der Waals surface area contributed by atoms with Gasteiger partial charge in [0.05, 0.1) is 6.10 Å². The van der Waals surface area contributed by atoms with Crippen LogP contribution in [0.1, 0.15) is 30.5 Å². The van der Waals surface area contributed by atoms with E-state index in [1.165, 1.54) is 17.7 Å². The molecule has 2 aliphatic heterocycles. The van der Waals surface area contributed by atoms with Crippen molar-refractivity contribution >= 4 is 30.6 Å². The van der Waals surface area contributed by atoms with Crippen LogP contribution in [0.3, 0.4) is 0 Å². The molecule has 4 nitrogen and oxygen atoms in total. The maximum Gasteiger partial charge on any atom is 0.129 e. The summed E-state index contributed by atoms with van der Waals surface area (Å²) in [6, 6.07) is 4.40. The summed E-state index contributed by atoms with van der Waals surface area (Å²) in [4.78, 5) is 4.70. The monoisotopic (exact) mass is 333 g/mol. The normalized spacial score (nSPS) is 19.9. The number of nitrogens with zero attached hydrogens (tertiary/aromatic N) is 1. The average molecular weight is 334 g/mol. The zero-order valence-corrected chi connectivity index (χ0v) is 13.9. The van der Waals surface area contributed by atoms with Gasteiger partial charge in [-0.25, -0.2) is 4.98 Å². The number of nitrogens with one attached hydrogen (secondary N) is 2. The van der Waals surface area contributed by atoms with Crippen molar-refractivity contribution in [3.8, 4) is 0 Å². The van der Waals surface area contributed by atoms with Crippen LogP contribution in [0.4, 0.5) is 5.82 Å². The highest BCUT2D eigenvalue weighted by atomic mass is 35.5. The molecule has 1 fully saturated rings. The lowest BCUT2D eigenvalue weighted by molar-refractivity contribution is 0.0654. The van der Waals surface area contributed by atoms with Gasteiger partial charge in [0, 0.05) is 25.4 Å². The Balaban J connectivity index is 0.00000110. The highest BCUT2D eigenvalue weighted by Gasteiger charge is 2.14. The second-order valence-corrected chi connectivity index (χ2v) is 5.43. The number of rotatable bonds is 5. The highest BCUT2D eigenvalue weighted by Crippen LogP contribution is 2.20. The summed E-state index contributed by atoms with van der Waals surface area (Å²) in [7, 11) is 0. The lowest BCUT2D eigenvalue weighted by Gasteiger charge is -2.17. The molecule has 2 aliphatic rings. The second-order valence-electron chi connectivity index (χ2n) is 5.43. The largest absolute Gasteiger partial charge is 0.377 e. The third-order valence-electron chi connectivity index (χ3n) is 3.90. The zero-order valence-electron chi connectivity index (χ0n) is 12.3. The maximum absolute atomic E-state index is 5.83. The number of ether oxygens (including phenoxy) is 1. The van der Waals surface area contributed by atoms with Crippen molar-refractivity contribution in [2.24, 2.45) is 0 Å².